The summed E-state index contributed by atoms with van der Waals surface area (Å²) in [5.41, 5.74) is 2.57. The molecule has 1 heterocycles. The summed E-state index contributed by atoms with van der Waals surface area (Å²) in [5.74, 6) is 3.72. The Labute approximate surface area is 137 Å². The zero-order valence-electron chi connectivity index (χ0n) is 14.0. The predicted molar refractivity (Wildman–Crippen MR) is 87.7 cm³/mol. The third kappa shape index (κ3) is 1.55. The third-order valence-electron chi connectivity index (χ3n) is 7.50. The van der Waals surface area contributed by atoms with E-state index >= 15 is 0 Å². The Morgan fingerprint density at radius 1 is 1.22 bits per heavy atom. The van der Waals surface area contributed by atoms with E-state index in [0.717, 1.165) is 31.6 Å². The minimum Gasteiger partial charge on any atom is -0.504 e. The number of benzene rings is 1. The largest absolute Gasteiger partial charge is 0.504 e. The summed E-state index contributed by atoms with van der Waals surface area (Å²) in [6.45, 7) is 4.72. The number of rotatable bonds is 1. The molecule has 0 amide bonds. The smallest absolute Gasteiger partial charge is 0.165 e. The summed E-state index contributed by atoms with van der Waals surface area (Å²) < 4.78 is 6.22. The van der Waals surface area contributed by atoms with Crippen molar-refractivity contribution in [2.24, 2.45) is 23.7 Å². The van der Waals surface area contributed by atoms with Crippen LogP contribution in [0.1, 0.15) is 50.7 Å². The SMILES string of the molecule is CC(C)C1CC[C@]23c4c5ccc(O)c4O[C@H]2C(O)CCC3[C@H]1C5. The van der Waals surface area contributed by atoms with Gasteiger partial charge in [0.05, 0.1) is 6.10 Å². The minimum absolute atomic E-state index is 0.0462. The van der Waals surface area contributed by atoms with Gasteiger partial charge in [0.15, 0.2) is 11.5 Å². The molecular formula is C20H26O3. The van der Waals surface area contributed by atoms with E-state index in [1.54, 1.807) is 6.07 Å². The third-order valence-corrected chi connectivity index (χ3v) is 7.50. The molecule has 4 aliphatic rings. The molecule has 1 aromatic rings. The van der Waals surface area contributed by atoms with Crippen LogP contribution in [0, 0.1) is 23.7 Å². The lowest BCUT2D eigenvalue weighted by atomic mass is 9.45. The molecule has 1 spiro atoms. The Morgan fingerprint density at radius 2 is 2.04 bits per heavy atom. The van der Waals surface area contributed by atoms with Crippen LogP contribution in [0.4, 0.5) is 0 Å². The average Bonchev–Trinajstić information content (AvgIpc) is 2.86. The van der Waals surface area contributed by atoms with E-state index < -0.39 is 6.10 Å². The summed E-state index contributed by atoms with van der Waals surface area (Å²) >= 11 is 0. The zero-order chi connectivity index (χ0) is 15.9. The van der Waals surface area contributed by atoms with Gasteiger partial charge in [-0.05, 0) is 67.4 Å². The van der Waals surface area contributed by atoms with Gasteiger partial charge in [-0.2, -0.15) is 0 Å². The number of ether oxygens (including phenoxy) is 1. The van der Waals surface area contributed by atoms with Gasteiger partial charge < -0.3 is 14.9 Å². The van der Waals surface area contributed by atoms with Crippen LogP contribution in [0.25, 0.3) is 0 Å². The van der Waals surface area contributed by atoms with E-state index in [9.17, 15) is 10.2 Å². The molecule has 3 heteroatoms. The van der Waals surface area contributed by atoms with Gasteiger partial charge in [0.1, 0.15) is 6.10 Å². The Morgan fingerprint density at radius 3 is 2.83 bits per heavy atom. The van der Waals surface area contributed by atoms with Gasteiger partial charge in [-0.25, -0.2) is 0 Å². The van der Waals surface area contributed by atoms with Gasteiger partial charge >= 0.3 is 0 Å². The molecule has 3 unspecified atom stereocenters. The van der Waals surface area contributed by atoms with Crippen molar-refractivity contribution in [3.05, 3.63) is 23.3 Å². The van der Waals surface area contributed by atoms with Crippen LogP contribution in [0.15, 0.2) is 12.1 Å². The van der Waals surface area contributed by atoms with Gasteiger partial charge in [-0.1, -0.05) is 19.9 Å². The topological polar surface area (TPSA) is 49.7 Å². The summed E-state index contributed by atoms with van der Waals surface area (Å²) in [4.78, 5) is 0. The molecule has 6 atom stereocenters. The molecule has 23 heavy (non-hydrogen) atoms. The molecule has 2 saturated carbocycles. The molecule has 2 bridgehead atoms. The Hall–Kier alpha value is -1.22. The maximum absolute atomic E-state index is 10.7. The molecule has 0 radical (unpaired) electrons. The molecule has 0 saturated heterocycles. The summed E-state index contributed by atoms with van der Waals surface area (Å²) in [7, 11) is 0. The molecule has 0 aromatic heterocycles. The van der Waals surface area contributed by atoms with Crippen LogP contribution in [-0.2, 0) is 11.8 Å². The van der Waals surface area contributed by atoms with E-state index in [1.165, 1.54) is 17.5 Å². The van der Waals surface area contributed by atoms with E-state index in [1.807, 2.05) is 0 Å². The first-order valence-corrected chi connectivity index (χ1v) is 9.24. The van der Waals surface area contributed by atoms with Gasteiger partial charge in [-0.3, -0.25) is 0 Å². The number of aliphatic hydroxyl groups excluding tert-OH is 1. The van der Waals surface area contributed by atoms with Gasteiger partial charge in [0.2, 0.25) is 0 Å². The van der Waals surface area contributed by atoms with Gasteiger partial charge in [0, 0.05) is 11.0 Å². The lowest BCUT2D eigenvalue weighted by Gasteiger charge is -2.58. The number of phenols is 1. The second-order valence-electron chi connectivity index (χ2n) is 8.59. The maximum atomic E-state index is 10.7. The summed E-state index contributed by atoms with van der Waals surface area (Å²) in [6, 6.07) is 3.89. The molecule has 3 aliphatic carbocycles. The van der Waals surface area contributed by atoms with Crippen molar-refractivity contribution in [1.82, 2.24) is 0 Å². The monoisotopic (exact) mass is 314 g/mol. The highest BCUT2D eigenvalue weighted by Gasteiger charge is 2.65. The standard InChI is InChI=1S/C20H26O3/c1-10(2)12-7-8-20-14-4-6-16(22)19(20)23-18-15(21)5-3-11(17(18)20)9-13(12)14/h3,5,10,12-14,16,19,21-22H,4,6-9H2,1-2H3/t12?,13-,14?,16?,19-,20-/m0/s1. The molecule has 124 valence electrons. The highest BCUT2D eigenvalue weighted by Crippen LogP contribution is 2.67. The highest BCUT2D eigenvalue weighted by molar-refractivity contribution is 5.60. The van der Waals surface area contributed by atoms with Crippen LogP contribution in [0.5, 0.6) is 11.5 Å². The van der Waals surface area contributed by atoms with Crippen LogP contribution in [0.3, 0.4) is 0 Å². The molecule has 5 rings (SSSR count). The quantitative estimate of drug-likeness (QED) is 0.835. The number of phenolic OH excluding ortho intramolecular Hbond substituents is 1. The van der Waals surface area contributed by atoms with Crippen molar-refractivity contribution in [2.75, 3.05) is 0 Å². The fraction of sp³-hybridized carbons (Fsp3) is 0.700. The Kier molecular flexibility index (Phi) is 2.73. The van der Waals surface area contributed by atoms with Crippen LogP contribution >= 0.6 is 0 Å². The maximum Gasteiger partial charge on any atom is 0.165 e. The zero-order valence-corrected chi connectivity index (χ0v) is 14.0. The van der Waals surface area contributed by atoms with Crippen LogP contribution in [-0.4, -0.2) is 22.4 Å². The first-order valence-electron chi connectivity index (χ1n) is 9.24. The highest BCUT2D eigenvalue weighted by atomic mass is 16.5. The van der Waals surface area contributed by atoms with Crippen LogP contribution < -0.4 is 4.74 Å². The van der Waals surface area contributed by atoms with Crippen molar-refractivity contribution in [3.8, 4) is 11.5 Å². The lowest BCUT2D eigenvalue weighted by molar-refractivity contribution is -0.104. The molecular weight excluding hydrogens is 288 g/mol. The first kappa shape index (κ1) is 14.2. The van der Waals surface area contributed by atoms with Crippen molar-refractivity contribution >= 4 is 0 Å². The van der Waals surface area contributed by atoms with Crippen LogP contribution in [0.2, 0.25) is 0 Å². The van der Waals surface area contributed by atoms with E-state index in [4.69, 9.17) is 4.74 Å². The summed E-state index contributed by atoms with van der Waals surface area (Å²) in [6.07, 6.45) is 4.82. The van der Waals surface area contributed by atoms with E-state index in [2.05, 4.69) is 19.9 Å². The number of aliphatic hydroxyl groups is 1. The number of hydrogen-bond donors (Lipinski definition) is 2. The molecule has 1 aromatic carbocycles. The number of aromatic hydroxyl groups is 1. The number of hydrogen-bond acceptors (Lipinski definition) is 3. The molecule has 2 N–H and O–H groups in total. The first-order chi connectivity index (χ1) is 11.0. The fourth-order valence-corrected chi connectivity index (χ4v) is 6.71. The van der Waals surface area contributed by atoms with Crippen molar-refractivity contribution in [1.29, 1.82) is 0 Å². The molecule has 1 aliphatic heterocycles. The Bertz CT molecular complexity index is 667. The second-order valence-corrected chi connectivity index (χ2v) is 8.59. The van der Waals surface area contributed by atoms with Crippen molar-refractivity contribution in [2.45, 2.75) is 63.6 Å². The normalized spacial score (nSPS) is 43.2. The van der Waals surface area contributed by atoms with Gasteiger partial charge in [-0.15, -0.1) is 0 Å². The van der Waals surface area contributed by atoms with E-state index in [-0.39, 0.29) is 17.3 Å². The van der Waals surface area contributed by atoms with Crippen molar-refractivity contribution in [3.63, 3.8) is 0 Å². The Balaban J connectivity index is 1.75. The second kappa shape index (κ2) is 4.44. The van der Waals surface area contributed by atoms with E-state index in [0.29, 0.717) is 23.5 Å². The predicted octanol–water partition coefficient (Wildman–Crippen LogP) is 3.40. The molecule has 2 fully saturated rings. The average molecular weight is 314 g/mol. The lowest BCUT2D eigenvalue weighted by Crippen LogP contribution is -2.61. The van der Waals surface area contributed by atoms with Gasteiger partial charge in [0.25, 0.3) is 0 Å². The van der Waals surface area contributed by atoms with Crippen molar-refractivity contribution < 1.29 is 14.9 Å². The summed E-state index contributed by atoms with van der Waals surface area (Å²) in [5, 5.41) is 21.0. The fourth-order valence-electron chi connectivity index (χ4n) is 6.71. The minimum atomic E-state index is -0.403. The molecule has 3 nitrogen and oxygen atoms in total.